The number of benzene rings is 2. The number of ketones is 1. The number of hydrogen-bond donors (Lipinski definition) is 1. The summed E-state index contributed by atoms with van der Waals surface area (Å²) in [7, 11) is 0. The number of rotatable bonds is 7. The van der Waals surface area contributed by atoms with Gasteiger partial charge in [-0.3, -0.25) is 9.59 Å². The zero-order valence-corrected chi connectivity index (χ0v) is 15.0. The van der Waals surface area contributed by atoms with Gasteiger partial charge in [0.15, 0.2) is 5.78 Å². The van der Waals surface area contributed by atoms with E-state index in [4.69, 9.17) is 4.74 Å². The molecule has 2 aromatic carbocycles. The summed E-state index contributed by atoms with van der Waals surface area (Å²) in [5.41, 5.74) is 1.81. The highest BCUT2D eigenvalue weighted by molar-refractivity contribution is 14.1. The molecule has 23 heavy (non-hydrogen) atoms. The number of carbonyl (C=O) groups is 2. The molecular formula is C18H18INO3. The number of carbonyl (C=O) groups excluding carboxylic acids is 2. The van der Waals surface area contributed by atoms with Crippen molar-refractivity contribution >= 4 is 40.0 Å². The van der Waals surface area contributed by atoms with Crippen molar-refractivity contribution < 1.29 is 14.3 Å². The van der Waals surface area contributed by atoms with Gasteiger partial charge < -0.3 is 10.1 Å². The lowest BCUT2D eigenvalue weighted by molar-refractivity contribution is -0.124. The van der Waals surface area contributed by atoms with Crippen molar-refractivity contribution in [3.8, 4) is 5.75 Å². The predicted molar refractivity (Wildman–Crippen MR) is 98.7 cm³/mol. The lowest BCUT2D eigenvalue weighted by Crippen LogP contribution is -2.16. The molecule has 0 saturated heterocycles. The third kappa shape index (κ3) is 6.40. The smallest absolute Gasteiger partial charge is 0.224 e. The monoisotopic (exact) mass is 423 g/mol. The van der Waals surface area contributed by atoms with Gasteiger partial charge in [-0.1, -0.05) is 12.1 Å². The minimum Gasteiger partial charge on any atom is -0.486 e. The second-order valence-corrected chi connectivity index (χ2v) is 6.44. The molecule has 2 rings (SSSR count). The van der Waals surface area contributed by atoms with E-state index in [0.29, 0.717) is 5.75 Å². The number of amides is 1. The fraction of sp³-hybridized carbons (Fsp3) is 0.222. The van der Waals surface area contributed by atoms with Crippen LogP contribution in [-0.2, 0) is 9.59 Å². The Morgan fingerprint density at radius 3 is 2.52 bits per heavy atom. The van der Waals surface area contributed by atoms with Crippen molar-refractivity contribution in [1.29, 1.82) is 0 Å². The second kappa shape index (κ2) is 8.67. The first-order valence-corrected chi connectivity index (χ1v) is 8.37. The number of anilines is 1. The van der Waals surface area contributed by atoms with E-state index in [1.807, 2.05) is 55.5 Å². The molecule has 1 amide bonds. The Morgan fingerprint density at radius 1 is 1.09 bits per heavy atom. The zero-order chi connectivity index (χ0) is 16.7. The summed E-state index contributed by atoms with van der Waals surface area (Å²) in [6, 6.07) is 15.0. The maximum absolute atomic E-state index is 11.8. The molecule has 4 nitrogen and oxygen atoms in total. The minimum absolute atomic E-state index is 0.0136. The highest BCUT2D eigenvalue weighted by Crippen LogP contribution is 2.13. The molecule has 0 atom stereocenters. The first-order chi connectivity index (χ1) is 11.0. The Bertz CT molecular complexity index is 683. The quantitative estimate of drug-likeness (QED) is 0.686. The Kier molecular flexibility index (Phi) is 6.58. The van der Waals surface area contributed by atoms with Gasteiger partial charge >= 0.3 is 0 Å². The van der Waals surface area contributed by atoms with Crippen LogP contribution in [0.2, 0.25) is 0 Å². The van der Waals surface area contributed by atoms with Crippen molar-refractivity contribution in [2.75, 3.05) is 11.9 Å². The number of Topliss-reactive ketones (excluding diaryl/α,β-unsaturated/α-hetero) is 1. The van der Waals surface area contributed by atoms with Crippen molar-refractivity contribution in [1.82, 2.24) is 0 Å². The van der Waals surface area contributed by atoms with E-state index in [1.54, 1.807) is 0 Å². The third-order valence-corrected chi connectivity index (χ3v) is 3.87. The van der Waals surface area contributed by atoms with Crippen LogP contribution in [0, 0.1) is 10.5 Å². The van der Waals surface area contributed by atoms with Crippen LogP contribution in [0.15, 0.2) is 48.5 Å². The molecular weight excluding hydrogens is 405 g/mol. The lowest BCUT2D eigenvalue weighted by Gasteiger charge is -2.07. The second-order valence-electron chi connectivity index (χ2n) is 5.20. The summed E-state index contributed by atoms with van der Waals surface area (Å²) in [6.07, 6.45) is 0.323. The summed E-state index contributed by atoms with van der Waals surface area (Å²) in [6.45, 7) is 1.95. The van der Waals surface area contributed by atoms with Gasteiger partial charge in [0.25, 0.3) is 0 Å². The van der Waals surface area contributed by atoms with E-state index in [9.17, 15) is 9.59 Å². The molecule has 0 bridgehead atoms. The zero-order valence-electron chi connectivity index (χ0n) is 12.8. The molecule has 0 radical (unpaired) electrons. The minimum atomic E-state index is -0.171. The van der Waals surface area contributed by atoms with Crippen molar-refractivity contribution in [3.05, 3.63) is 57.7 Å². The molecule has 0 saturated carbocycles. The number of ether oxygens (including phenoxy) is 1. The fourth-order valence-electron chi connectivity index (χ4n) is 1.95. The van der Waals surface area contributed by atoms with Crippen LogP contribution in [0.1, 0.15) is 18.4 Å². The molecule has 0 aliphatic rings. The molecule has 0 heterocycles. The van der Waals surface area contributed by atoms with Gasteiger partial charge in [0.1, 0.15) is 12.4 Å². The molecule has 0 aliphatic carbocycles. The normalized spacial score (nSPS) is 10.2. The highest BCUT2D eigenvalue weighted by atomic mass is 127. The number of hydrogen-bond acceptors (Lipinski definition) is 3. The van der Waals surface area contributed by atoms with E-state index in [0.717, 1.165) is 14.8 Å². The van der Waals surface area contributed by atoms with E-state index >= 15 is 0 Å². The van der Waals surface area contributed by atoms with Gasteiger partial charge in [-0.05, 0) is 71.5 Å². The molecule has 120 valence electrons. The van der Waals surface area contributed by atoms with Gasteiger partial charge in [0.05, 0.1) is 0 Å². The van der Waals surface area contributed by atoms with E-state index in [1.165, 1.54) is 0 Å². The van der Waals surface area contributed by atoms with Gasteiger partial charge in [-0.25, -0.2) is 0 Å². The topological polar surface area (TPSA) is 55.4 Å². The maximum Gasteiger partial charge on any atom is 0.224 e. The number of halogens is 1. The molecule has 0 aliphatic heterocycles. The van der Waals surface area contributed by atoms with Gasteiger partial charge in [-0.2, -0.15) is 0 Å². The average molecular weight is 423 g/mol. The summed E-state index contributed by atoms with van der Waals surface area (Å²) in [5, 5.41) is 2.77. The summed E-state index contributed by atoms with van der Waals surface area (Å²) in [5.74, 6) is 0.404. The summed E-state index contributed by atoms with van der Waals surface area (Å²) in [4.78, 5) is 23.6. The molecule has 0 fully saturated rings. The predicted octanol–water partition coefficient (Wildman–Crippen LogP) is 3.97. The van der Waals surface area contributed by atoms with Gasteiger partial charge in [0, 0.05) is 22.1 Å². The lowest BCUT2D eigenvalue weighted by atomic mass is 10.2. The molecule has 0 aromatic heterocycles. The maximum atomic E-state index is 11.8. The van der Waals surface area contributed by atoms with E-state index in [2.05, 4.69) is 27.9 Å². The number of nitrogens with one attached hydrogen (secondary N) is 1. The molecule has 5 heteroatoms. The van der Waals surface area contributed by atoms with Crippen molar-refractivity contribution in [3.63, 3.8) is 0 Å². The van der Waals surface area contributed by atoms with Crippen LogP contribution >= 0.6 is 22.6 Å². The summed E-state index contributed by atoms with van der Waals surface area (Å²) < 4.78 is 6.53. The molecule has 0 unspecified atom stereocenters. The van der Waals surface area contributed by atoms with Crippen LogP contribution in [0.4, 0.5) is 5.69 Å². The van der Waals surface area contributed by atoms with Crippen LogP contribution in [0.25, 0.3) is 0 Å². The van der Waals surface area contributed by atoms with Crippen LogP contribution in [-0.4, -0.2) is 18.3 Å². The van der Waals surface area contributed by atoms with Crippen molar-refractivity contribution in [2.45, 2.75) is 19.8 Å². The standard InChI is InChI=1S/C18H18INO3/c1-13-3-2-4-17(11-13)23-12-16(21)9-10-18(22)20-15-7-5-14(19)6-8-15/h2-8,11H,9-10,12H2,1H3,(H,20,22). The van der Waals surface area contributed by atoms with Gasteiger partial charge in [-0.15, -0.1) is 0 Å². The summed E-state index contributed by atoms with van der Waals surface area (Å²) >= 11 is 2.20. The Hall–Kier alpha value is -1.89. The first-order valence-electron chi connectivity index (χ1n) is 7.29. The Morgan fingerprint density at radius 2 is 1.83 bits per heavy atom. The average Bonchev–Trinajstić information content (AvgIpc) is 2.53. The Labute approximate surface area is 149 Å². The first kappa shape index (κ1) is 17.5. The molecule has 1 N–H and O–H groups in total. The molecule has 0 spiro atoms. The number of aryl methyl sites for hydroxylation is 1. The largest absolute Gasteiger partial charge is 0.486 e. The SMILES string of the molecule is Cc1cccc(OCC(=O)CCC(=O)Nc2ccc(I)cc2)c1. The molecule has 2 aromatic rings. The third-order valence-electron chi connectivity index (χ3n) is 3.15. The van der Waals surface area contributed by atoms with Crippen LogP contribution in [0.5, 0.6) is 5.75 Å². The van der Waals surface area contributed by atoms with Crippen molar-refractivity contribution in [2.24, 2.45) is 0 Å². The van der Waals surface area contributed by atoms with Crippen LogP contribution in [0.3, 0.4) is 0 Å². The highest BCUT2D eigenvalue weighted by Gasteiger charge is 2.08. The van der Waals surface area contributed by atoms with E-state index in [-0.39, 0.29) is 31.1 Å². The fourth-order valence-corrected chi connectivity index (χ4v) is 2.31. The van der Waals surface area contributed by atoms with E-state index < -0.39 is 0 Å². The van der Waals surface area contributed by atoms with Gasteiger partial charge in [0.2, 0.25) is 5.91 Å². The van der Waals surface area contributed by atoms with Crippen LogP contribution < -0.4 is 10.1 Å². The Balaban J connectivity index is 1.71.